The predicted octanol–water partition coefficient (Wildman–Crippen LogP) is 1.56. The molecule has 102 valence electrons. The number of carbonyl (C=O) groups excluding carboxylic acids is 1. The van der Waals surface area contributed by atoms with Crippen LogP contribution in [0.2, 0.25) is 0 Å². The number of halogens is 2. The fourth-order valence-electron chi connectivity index (χ4n) is 2.14. The van der Waals surface area contributed by atoms with Crippen molar-refractivity contribution in [3.05, 3.63) is 47.5 Å². The quantitative estimate of drug-likeness (QED) is 0.813. The summed E-state index contributed by atoms with van der Waals surface area (Å²) >= 11 is 0. The molecule has 1 aliphatic rings. The Morgan fingerprint density at radius 3 is 2.58 bits per heavy atom. The Balaban J connectivity index is 1.94. The number of aliphatic hydroxyl groups is 1. The van der Waals surface area contributed by atoms with E-state index in [-0.39, 0.29) is 30.6 Å². The first-order chi connectivity index (χ1) is 9.10. The monoisotopic (exact) mass is 267 g/mol. The van der Waals surface area contributed by atoms with Crippen LogP contribution in [-0.4, -0.2) is 23.7 Å². The molecule has 2 N–H and O–H groups in total. The van der Waals surface area contributed by atoms with Crippen LogP contribution in [-0.2, 0) is 11.2 Å². The van der Waals surface area contributed by atoms with Crippen LogP contribution in [0.1, 0.15) is 12.0 Å². The molecule has 19 heavy (non-hydrogen) atoms. The second-order valence-electron chi connectivity index (χ2n) is 4.61. The first-order valence-electron chi connectivity index (χ1n) is 6.11. The van der Waals surface area contributed by atoms with E-state index in [9.17, 15) is 13.6 Å². The van der Waals surface area contributed by atoms with Gasteiger partial charge < -0.3 is 10.4 Å². The molecular weight excluding hydrogens is 252 g/mol. The van der Waals surface area contributed by atoms with Gasteiger partial charge in [-0.3, -0.25) is 4.79 Å². The Labute approximate surface area is 109 Å². The van der Waals surface area contributed by atoms with Crippen molar-refractivity contribution < 1.29 is 18.7 Å². The van der Waals surface area contributed by atoms with Crippen LogP contribution in [0.25, 0.3) is 0 Å². The maximum absolute atomic E-state index is 13.4. The lowest BCUT2D eigenvalue weighted by atomic mass is 10.1. The van der Waals surface area contributed by atoms with Crippen LogP contribution in [0.4, 0.5) is 8.78 Å². The van der Waals surface area contributed by atoms with Crippen molar-refractivity contribution >= 4 is 5.91 Å². The fourth-order valence-corrected chi connectivity index (χ4v) is 2.14. The summed E-state index contributed by atoms with van der Waals surface area (Å²) in [5, 5.41) is 11.6. The molecule has 2 atom stereocenters. The van der Waals surface area contributed by atoms with E-state index in [0.717, 1.165) is 12.1 Å². The first-order valence-corrected chi connectivity index (χ1v) is 6.11. The van der Waals surface area contributed by atoms with Gasteiger partial charge in [-0.2, -0.15) is 0 Å². The molecule has 0 saturated heterocycles. The van der Waals surface area contributed by atoms with Gasteiger partial charge in [-0.1, -0.05) is 18.2 Å². The van der Waals surface area contributed by atoms with Gasteiger partial charge in [-0.05, 0) is 18.6 Å². The standard InChI is InChI=1S/C14H15F2NO2/c15-12-2-1-3-13(16)11(12)7-14(19)17-10-5-4-9(6-10)8-18/h1-5,9-10,18H,6-8H2,(H,17,19)/t9-,10+/m0/s1. The molecule has 1 aromatic carbocycles. The zero-order valence-electron chi connectivity index (χ0n) is 10.3. The Morgan fingerprint density at radius 1 is 1.32 bits per heavy atom. The number of benzene rings is 1. The molecule has 0 saturated carbocycles. The Bertz CT molecular complexity index is 482. The van der Waals surface area contributed by atoms with Gasteiger partial charge in [0.1, 0.15) is 11.6 Å². The predicted molar refractivity (Wildman–Crippen MR) is 66.3 cm³/mol. The molecule has 3 nitrogen and oxygen atoms in total. The average molecular weight is 267 g/mol. The Morgan fingerprint density at radius 2 is 2.00 bits per heavy atom. The molecule has 0 radical (unpaired) electrons. The third kappa shape index (κ3) is 3.38. The van der Waals surface area contributed by atoms with Gasteiger partial charge in [-0.15, -0.1) is 0 Å². The number of carbonyl (C=O) groups is 1. The number of aliphatic hydroxyl groups excluding tert-OH is 1. The highest BCUT2D eigenvalue weighted by molar-refractivity contribution is 5.79. The van der Waals surface area contributed by atoms with E-state index in [2.05, 4.69) is 5.32 Å². The van der Waals surface area contributed by atoms with Gasteiger partial charge in [0, 0.05) is 24.1 Å². The molecule has 1 aromatic rings. The third-order valence-electron chi connectivity index (χ3n) is 3.15. The molecule has 2 rings (SSSR count). The van der Waals surface area contributed by atoms with Crippen molar-refractivity contribution in [2.24, 2.45) is 5.92 Å². The van der Waals surface area contributed by atoms with E-state index in [0.29, 0.717) is 6.42 Å². The summed E-state index contributed by atoms with van der Waals surface area (Å²) in [6, 6.07) is 3.34. The highest BCUT2D eigenvalue weighted by Gasteiger charge is 2.21. The molecule has 0 aliphatic heterocycles. The summed E-state index contributed by atoms with van der Waals surface area (Å²) in [7, 11) is 0. The smallest absolute Gasteiger partial charge is 0.225 e. The average Bonchev–Trinajstić information content (AvgIpc) is 2.81. The molecule has 0 heterocycles. The van der Waals surface area contributed by atoms with Crippen molar-refractivity contribution in [3.8, 4) is 0 Å². The van der Waals surface area contributed by atoms with E-state index in [1.165, 1.54) is 6.07 Å². The van der Waals surface area contributed by atoms with E-state index >= 15 is 0 Å². The summed E-state index contributed by atoms with van der Waals surface area (Å²) in [5.41, 5.74) is -0.222. The number of hydrogen-bond donors (Lipinski definition) is 2. The molecule has 0 aromatic heterocycles. The molecule has 1 aliphatic carbocycles. The van der Waals surface area contributed by atoms with Crippen molar-refractivity contribution in [2.75, 3.05) is 6.61 Å². The highest BCUT2D eigenvalue weighted by atomic mass is 19.1. The van der Waals surface area contributed by atoms with Gasteiger partial charge in [0.2, 0.25) is 5.91 Å². The summed E-state index contributed by atoms with van der Waals surface area (Å²) < 4.78 is 26.7. The second-order valence-corrected chi connectivity index (χ2v) is 4.61. The molecule has 0 fully saturated rings. The van der Waals surface area contributed by atoms with Crippen LogP contribution in [0.5, 0.6) is 0 Å². The van der Waals surface area contributed by atoms with Crippen molar-refractivity contribution in [3.63, 3.8) is 0 Å². The van der Waals surface area contributed by atoms with Crippen molar-refractivity contribution in [2.45, 2.75) is 18.9 Å². The Kier molecular flexibility index (Phi) is 4.27. The van der Waals surface area contributed by atoms with Gasteiger partial charge in [0.05, 0.1) is 6.42 Å². The van der Waals surface area contributed by atoms with Crippen LogP contribution < -0.4 is 5.32 Å². The van der Waals surface area contributed by atoms with Gasteiger partial charge in [0.15, 0.2) is 0 Å². The van der Waals surface area contributed by atoms with Gasteiger partial charge >= 0.3 is 0 Å². The molecule has 5 heteroatoms. The first kappa shape index (κ1) is 13.7. The number of nitrogens with one attached hydrogen (secondary N) is 1. The zero-order valence-corrected chi connectivity index (χ0v) is 10.3. The van der Waals surface area contributed by atoms with Gasteiger partial charge in [-0.25, -0.2) is 8.78 Å². The van der Waals surface area contributed by atoms with Crippen LogP contribution in [0, 0.1) is 17.6 Å². The van der Waals surface area contributed by atoms with E-state index in [4.69, 9.17) is 5.11 Å². The molecular formula is C14H15F2NO2. The Hall–Kier alpha value is -1.75. The number of hydrogen-bond acceptors (Lipinski definition) is 2. The lowest BCUT2D eigenvalue weighted by Gasteiger charge is -2.13. The summed E-state index contributed by atoms with van der Waals surface area (Å²) in [5.74, 6) is -1.83. The van der Waals surface area contributed by atoms with E-state index in [1.54, 1.807) is 6.08 Å². The largest absolute Gasteiger partial charge is 0.396 e. The fraction of sp³-hybridized carbons (Fsp3) is 0.357. The van der Waals surface area contributed by atoms with Crippen molar-refractivity contribution in [1.82, 2.24) is 5.32 Å². The maximum atomic E-state index is 13.4. The SMILES string of the molecule is O=C(Cc1c(F)cccc1F)N[C@@H]1C=C[C@H](CO)C1. The molecule has 0 bridgehead atoms. The molecule has 0 spiro atoms. The normalized spacial score (nSPS) is 21.6. The maximum Gasteiger partial charge on any atom is 0.225 e. The van der Waals surface area contributed by atoms with Gasteiger partial charge in [0.25, 0.3) is 0 Å². The topological polar surface area (TPSA) is 49.3 Å². The minimum atomic E-state index is -0.717. The van der Waals surface area contributed by atoms with E-state index < -0.39 is 17.5 Å². The van der Waals surface area contributed by atoms with Crippen LogP contribution >= 0.6 is 0 Å². The van der Waals surface area contributed by atoms with Crippen LogP contribution in [0.3, 0.4) is 0 Å². The summed E-state index contributed by atoms with van der Waals surface area (Å²) in [4.78, 5) is 11.7. The van der Waals surface area contributed by atoms with Crippen molar-refractivity contribution in [1.29, 1.82) is 0 Å². The number of amides is 1. The lowest BCUT2D eigenvalue weighted by Crippen LogP contribution is -2.34. The molecule has 1 amide bonds. The minimum absolute atomic E-state index is 0.0326. The minimum Gasteiger partial charge on any atom is -0.396 e. The summed E-state index contributed by atoms with van der Waals surface area (Å²) in [6.07, 6.45) is 3.90. The highest BCUT2D eigenvalue weighted by Crippen LogP contribution is 2.18. The second kappa shape index (κ2) is 5.93. The zero-order chi connectivity index (χ0) is 13.8. The lowest BCUT2D eigenvalue weighted by molar-refractivity contribution is -0.121. The number of rotatable bonds is 4. The van der Waals surface area contributed by atoms with Crippen LogP contribution in [0.15, 0.2) is 30.4 Å². The summed E-state index contributed by atoms with van der Waals surface area (Å²) in [6.45, 7) is 0.0326. The third-order valence-corrected chi connectivity index (χ3v) is 3.15. The van der Waals surface area contributed by atoms with E-state index in [1.807, 2.05) is 6.08 Å². The molecule has 0 unspecified atom stereocenters.